The topological polar surface area (TPSA) is 51.0 Å². The lowest BCUT2D eigenvalue weighted by Crippen LogP contribution is -2.16. The Hall–Kier alpha value is -1.40. The van der Waals surface area contributed by atoms with E-state index >= 15 is 0 Å². The zero-order valence-electron chi connectivity index (χ0n) is 11.2. The van der Waals surface area contributed by atoms with Gasteiger partial charge in [-0.05, 0) is 37.1 Å². The van der Waals surface area contributed by atoms with Gasteiger partial charge < -0.3 is 9.84 Å². The predicted octanol–water partition coefficient (Wildman–Crippen LogP) is 3.17. The summed E-state index contributed by atoms with van der Waals surface area (Å²) in [4.78, 5) is 5.29. The third-order valence-electron chi connectivity index (χ3n) is 3.45. The van der Waals surface area contributed by atoms with Crippen LogP contribution in [-0.2, 0) is 5.75 Å². The molecule has 1 aliphatic heterocycles. The molecule has 2 aromatic rings. The Morgan fingerprint density at radius 3 is 3.15 bits per heavy atom. The van der Waals surface area contributed by atoms with Crippen molar-refractivity contribution in [3.63, 3.8) is 0 Å². The van der Waals surface area contributed by atoms with Crippen LogP contribution < -0.4 is 5.32 Å². The number of nitrogens with one attached hydrogen (secondary N) is 1. The maximum Gasteiger partial charge on any atom is 0.244 e. The molecule has 1 aliphatic rings. The van der Waals surface area contributed by atoms with Crippen molar-refractivity contribution in [3.8, 4) is 0 Å². The van der Waals surface area contributed by atoms with Crippen molar-refractivity contribution in [1.29, 1.82) is 0 Å². The summed E-state index contributed by atoms with van der Waals surface area (Å²) in [6, 6.07) is 6.67. The van der Waals surface area contributed by atoms with Gasteiger partial charge in [0.25, 0.3) is 0 Å². The standard InChI is InChI=1S/C14H16FN3OS/c1-9-5-6-16-13(9)14-17-12(18-19-14)8-20-11-4-2-3-10(15)7-11/h2-4,7,9,13,16H,5-6,8H2,1H3. The number of hydrogen-bond acceptors (Lipinski definition) is 5. The summed E-state index contributed by atoms with van der Waals surface area (Å²) in [5.41, 5.74) is 0. The normalized spacial score (nSPS) is 22.3. The highest BCUT2D eigenvalue weighted by molar-refractivity contribution is 7.98. The number of rotatable bonds is 4. The van der Waals surface area contributed by atoms with Crippen LogP contribution in [0.3, 0.4) is 0 Å². The van der Waals surface area contributed by atoms with Crippen molar-refractivity contribution in [2.24, 2.45) is 5.92 Å². The second kappa shape index (κ2) is 5.93. The first-order chi connectivity index (χ1) is 9.72. The Morgan fingerprint density at radius 2 is 2.40 bits per heavy atom. The molecule has 0 saturated carbocycles. The molecule has 3 rings (SSSR count). The van der Waals surface area contributed by atoms with Gasteiger partial charge in [-0.15, -0.1) is 11.8 Å². The fraction of sp³-hybridized carbons (Fsp3) is 0.429. The molecule has 1 aromatic heterocycles. The van der Waals surface area contributed by atoms with Gasteiger partial charge in [0, 0.05) is 4.90 Å². The third-order valence-corrected chi connectivity index (χ3v) is 4.44. The minimum Gasteiger partial charge on any atom is -0.338 e. The van der Waals surface area contributed by atoms with Gasteiger partial charge in [0.05, 0.1) is 11.8 Å². The highest BCUT2D eigenvalue weighted by Crippen LogP contribution is 2.28. The SMILES string of the molecule is CC1CCNC1c1nc(CSc2cccc(F)c2)no1. The van der Waals surface area contributed by atoms with Crippen molar-refractivity contribution in [3.05, 3.63) is 41.8 Å². The van der Waals surface area contributed by atoms with Crippen molar-refractivity contribution in [1.82, 2.24) is 15.5 Å². The number of aromatic nitrogens is 2. The molecular formula is C14H16FN3OS. The first-order valence-corrected chi connectivity index (χ1v) is 7.65. The van der Waals surface area contributed by atoms with E-state index in [0.29, 0.717) is 23.4 Å². The molecule has 2 atom stereocenters. The number of benzene rings is 1. The Labute approximate surface area is 121 Å². The average molecular weight is 293 g/mol. The smallest absolute Gasteiger partial charge is 0.244 e. The molecular weight excluding hydrogens is 277 g/mol. The zero-order valence-corrected chi connectivity index (χ0v) is 12.0. The van der Waals surface area contributed by atoms with E-state index in [1.807, 2.05) is 6.07 Å². The van der Waals surface area contributed by atoms with E-state index in [0.717, 1.165) is 17.9 Å². The van der Waals surface area contributed by atoms with E-state index in [2.05, 4.69) is 22.4 Å². The molecule has 2 heterocycles. The molecule has 1 saturated heterocycles. The first kappa shape index (κ1) is 13.6. The molecule has 106 valence electrons. The summed E-state index contributed by atoms with van der Waals surface area (Å²) in [5, 5.41) is 7.36. The number of thioether (sulfide) groups is 1. The van der Waals surface area contributed by atoms with Crippen molar-refractivity contribution in [2.45, 2.75) is 30.0 Å². The summed E-state index contributed by atoms with van der Waals surface area (Å²) in [5.74, 6) is 2.17. The van der Waals surface area contributed by atoms with E-state index in [9.17, 15) is 4.39 Å². The lowest BCUT2D eigenvalue weighted by Gasteiger charge is -2.09. The minimum absolute atomic E-state index is 0.162. The van der Waals surface area contributed by atoms with Gasteiger partial charge in [-0.3, -0.25) is 0 Å². The Balaban J connectivity index is 1.63. The van der Waals surface area contributed by atoms with E-state index in [4.69, 9.17) is 4.52 Å². The van der Waals surface area contributed by atoms with E-state index in [1.165, 1.54) is 23.9 Å². The summed E-state index contributed by atoms with van der Waals surface area (Å²) in [6.45, 7) is 3.16. The lowest BCUT2D eigenvalue weighted by molar-refractivity contribution is 0.317. The van der Waals surface area contributed by atoms with Gasteiger partial charge in [-0.25, -0.2) is 4.39 Å². The van der Waals surface area contributed by atoms with E-state index < -0.39 is 0 Å². The van der Waals surface area contributed by atoms with Crippen LogP contribution in [0.2, 0.25) is 0 Å². The zero-order chi connectivity index (χ0) is 13.9. The Morgan fingerprint density at radius 1 is 1.50 bits per heavy atom. The summed E-state index contributed by atoms with van der Waals surface area (Å²) >= 11 is 1.50. The van der Waals surface area contributed by atoms with Crippen molar-refractivity contribution in [2.75, 3.05) is 6.54 Å². The van der Waals surface area contributed by atoms with Crippen LogP contribution in [0, 0.1) is 11.7 Å². The highest BCUT2D eigenvalue weighted by atomic mass is 32.2. The molecule has 1 N–H and O–H groups in total. The molecule has 2 unspecified atom stereocenters. The van der Waals surface area contributed by atoms with E-state index in [1.54, 1.807) is 6.07 Å². The summed E-state index contributed by atoms with van der Waals surface area (Å²) < 4.78 is 18.4. The van der Waals surface area contributed by atoms with Crippen LogP contribution in [0.1, 0.15) is 31.1 Å². The van der Waals surface area contributed by atoms with Gasteiger partial charge in [0.2, 0.25) is 5.89 Å². The summed E-state index contributed by atoms with van der Waals surface area (Å²) in [7, 11) is 0. The molecule has 0 bridgehead atoms. The second-order valence-electron chi connectivity index (χ2n) is 4.99. The van der Waals surface area contributed by atoms with Crippen LogP contribution in [0.4, 0.5) is 4.39 Å². The summed E-state index contributed by atoms with van der Waals surface area (Å²) in [6.07, 6.45) is 1.13. The average Bonchev–Trinajstić information content (AvgIpc) is 3.05. The molecule has 1 fully saturated rings. The monoisotopic (exact) mass is 293 g/mol. The second-order valence-corrected chi connectivity index (χ2v) is 6.04. The van der Waals surface area contributed by atoms with Gasteiger partial charge >= 0.3 is 0 Å². The number of halogens is 1. The van der Waals surface area contributed by atoms with Gasteiger partial charge in [-0.2, -0.15) is 4.98 Å². The quantitative estimate of drug-likeness (QED) is 0.877. The maximum absolute atomic E-state index is 13.1. The van der Waals surface area contributed by atoms with Crippen LogP contribution in [-0.4, -0.2) is 16.7 Å². The van der Waals surface area contributed by atoms with Gasteiger partial charge in [0.15, 0.2) is 5.82 Å². The molecule has 4 nitrogen and oxygen atoms in total. The molecule has 0 spiro atoms. The third kappa shape index (κ3) is 3.02. The van der Waals surface area contributed by atoms with Crippen molar-refractivity contribution < 1.29 is 8.91 Å². The van der Waals surface area contributed by atoms with Gasteiger partial charge in [-0.1, -0.05) is 18.1 Å². The molecule has 1 aromatic carbocycles. The number of nitrogens with zero attached hydrogens (tertiary/aromatic N) is 2. The largest absolute Gasteiger partial charge is 0.338 e. The molecule has 0 radical (unpaired) electrons. The first-order valence-electron chi connectivity index (χ1n) is 6.66. The van der Waals surface area contributed by atoms with Crippen molar-refractivity contribution >= 4 is 11.8 Å². The molecule has 0 amide bonds. The van der Waals surface area contributed by atoms with Crippen LogP contribution in [0.25, 0.3) is 0 Å². The Kier molecular flexibility index (Phi) is 4.03. The molecule has 0 aliphatic carbocycles. The molecule has 20 heavy (non-hydrogen) atoms. The minimum atomic E-state index is -0.229. The number of hydrogen-bond donors (Lipinski definition) is 1. The predicted molar refractivity (Wildman–Crippen MR) is 74.8 cm³/mol. The maximum atomic E-state index is 13.1. The fourth-order valence-electron chi connectivity index (χ4n) is 2.32. The molecule has 6 heteroatoms. The highest BCUT2D eigenvalue weighted by Gasteiger charge is 2.29. The van der Waals surface area contributed by atoms with Gasteiger partial charge in [0.1, 0.15) is 5.82 Å². The van der Waals surface area contributed by atoms with Crippen LogP contribution in [0.15, 0.2) is 33.7 Å². The Bertz CT molecular complexity index is 589. The van der Waals surface area contributed by atoms with Crippen LogP contribution >= 0.6 is 11.8 Å². The van der Waals surface area contributed by atoms with E-state index in [-0.39, 0.29) is 11.9 Å². The lowest BCUT2D eigenvalue weighted by atomic mass is 10.0. The fourth-order valence-corrected chi connectivity index (χ4v) is 3.11. The van der Waals surface area contributed by atoms with Crippen LogP contribution in [0.5, 0.6) is 0 Å².